The van der Waals surface area contributed by atoms with Crippen molar-refractivity contribution in [2.24, 2.45) is 0 Å². The molecule has 2 aromatic carbocycles. The zero-order valence-electron chi connectivity index (χ0n) is 22.4. The topological polar surface area (TPSA) is 107 Å². The highest BCUT2D eigenvalue weighted by atomic mass is 16.5. The van der Waals surface area contributed by atoms with E-state index in [1.807, 2.05) is 57.5 Å². The molecule has 0 saturated heterocycles. The summed E-state index contributed by atoms with van der Waals surface area (Å²) < 4.78 is 5.69. The summed E-state index contributed by atoms with van der Waals surface area (Å²) in [5, 5.41) is 13.1. The van der Waals surface area contributed by atoms with Gasteiger partial charge in [-0.05, 0) is 57.3 Å². The second-order valence-corrected chi connectivity index (χ2v) is 9.47. The van der Waals surface area contributed by atoms with Gasteiger partial charge in [-0.15, -0.1) is 0 Å². The highest BCUT2D eigenvalue weighted by Gasteiger charge is 2.22. The summed E-state index contributed by atoms with van der Waals surface area (Å²) >= 11 is 0. The summed E-state index contributed by atoms with van der Waals surface area (Å²) in [7, 11) is 7.62. The number of likely N-dealkylation sites (N-methyl/N-ethyl adjacent to an activating group) is 2. The zero-order chi connectivity index (χ0) is 27.1. The molecule has 0 aliphatic heterocycles. The number of amides is 1. The SMILES string of the molecule is C=CC(=O)Nc1cc(Nc2nccc(Nc3ccccc3NC3CC3)n2)c(OC)cc1N(C)CCN(C)C. The molecule has 4 rings (SSSR count). The fraction of sp³-hybridized carbons (Fsp3) is 0.321. The summed E-state index contributed by atoms with van der Waals surface area (Å²) in [6.45, 7) is 5.19. The number of nitrogens with zero attached hydrogens (tertiary/aromatic N) is 4. The van der Waals surface area contributed by atoms with Crippen LogP contribution in [0.4, 0.5) is 40.2 Å². The average molecular weight is 517 g/mol. The molecule has 1 aliphatic rings. The molecule has 0 bridgehead atoms. The molecule has 38 heavy (non-hydrogen) atoms. The molecule has 0 radical (unpaired) electrons. The van der Waals surface area contributed by atoms with Crippen LogP contribution >= 0.6 is 0 Å². The van der Waals surface area contributed by atoms with Gasteiger partial charge in [0.15, 0.2) is 0 Å². The second kappa shape index (κ2) is 12.3. The van der Waals surface area contributed by atoms with Crippen molar-refractivity contribution < 1.29 is 9.53 Å². The first-order valence-electron chi connectivity index (χ1n) is 12.6. The minimum Gasteiger partial charge on any atom is -0.494 e. The molecule has 10 nitrogen and oxygen atoms in total. The van der Waals surface area contributed by atoms with Crippen LogP contribution in [-0.4, -0.2) is 68.2 Å². The van der Waals surface area contributed by atoms with Crippen LogP contribution in [0.3, 0.4) is 0 Å². The number of aromatic nitrogens is 2. The van der Waals surface area contributed by atoms with Crippen molar-refractivity contribution in [1.82, 2.24) is 14.9 Å². The maximum absolute atomic E-state index is 12.2. The molecule has 1 saturated carbocycles. The summed E-state index contributed by atoms with van der Waals surface area (Å²) in [6, 6.07) is 14.1. The van der Waals surface area contributed by atoms with Gasteiger partial charge in [0.05, 0.1) is 35.5 Å². The van der Waals surface area contributed by atoms with Gasteiger partial charge in [-0.2, -0.15) is 4.98 Å². The Balaban J connectivity index is 1.59. The number of ether oxygens (including phenoxy) is 1. The Kier molecular flexibility index (Phi) is 8.65. The number of carbonyl (C=O) groups excluding carboxylic acids is 1. The predicted octanol–water partition coefficient (Wildman–Crippen LogP) is 4.67. The van der Waals surface area contributed by atoms with Gasteiger partial charge in [0.1, 0.15) is 11.6 Å². The van der Waals surface area contributed by atoms with Crippen LogP contribution in [0.15, 0.2) is 61.3 Å². The van der Waals surface area contributed by atoms with Crippen molar-refractivity contribution in [1.29, 1.82) is 0 Å². The van der Waals surface area contributed by atoms with Crippen LogP contribution in [0.1, 0.15) is 12.8 Å². The first-order valence-corrected chi connectivity index (χ1v) is 12.6. The van der Waals surface area contributed by atoms with Crippen molar-refractivity contribution in [2.45, 2.75) is 18.9 Å². The highest BCUT2D eigenvalue weighted by Crippen LogP contribution is 2.38. The summed E-state index contributed by atoms with van der Waals surface area (Å²) in [6.07, 6.45) is 5.31. The summed E-state index contributed by atoms with van der Waals surface area (Å²) in [4.78, 5) is 25.4. The van der Waals surface area contributed by atoms with E-state index in [1.165, 1.54) is 18.9 Å². The van der Waals surface area contributed by atoms with Crippen LogP contribution in [-0.2, 0) is 4.79 Å². The molecule has 0 unspecified atom stereocenters. The van der Waals surface area contributed by atoms with Crippen molar-refractivity contribution >= 4 is 46.1 Å². The molecule has 10 heteroatoms. The molecule has 0 spiro atoms. The smallest absolute Gasteiger partial charge is 0.247 e. The van der Waals surface area contributed by atoms with Crippen molar-refractivity contribution in [2.75, 3.05) is 67.5 Å². The minimum atomic E-state index is -0.302. The molecule has 1 heterocycles. The number of methoxy groups -OCH3 is 1. The number of hydrogen-bond acceptors (Lipinski definition) is 9. The Hall–Kier alpha value is -4.31. The first-order chi connectivity index (χ1) is 18.4. The number of benzene rings is 2. The van der Waals surface area contributed by atoms with E-state index in [2.05, 4.69) is 53.7 Å². The van der Waals surface area contributed by atoms with Gasteiger partial charge >= 0.3 is 0 Å². The fourth-order valence-corrected chi connectivity index (χ4v) is 3.82. The van der Waals surface area contributed by atoms with E-state index < -0.39 is 0 Å². The van der Waals surface area contributed by atoms with Gasteiger partial charge < -0.3 is 35.8 Å². The second-order valence-electron chi connectivity index (χ2n) is 9.47. The fourth-order valence-electron chi connectivity index (χ4n) is 3.82. The molecular weight excluding hydrogens is 480 g/mol. The van der Waals surface area contributed by atoms with Gasteiger partial charge in [0.25, 0.3) is 0 Å². The molecule has 1 aromatic heterocycles. The van der Waals surface area contributed by atoms with E-state index in [9.17, 15) is 4.79 Å². The lowest BCUT2D eigenvalue weighted by atomic mass is 10.2. The number of carbonyl (C=O) groups is 1. The van der Waals surface area contributed by atoms with Gasteiger partial charge in [-0.3, -0.25) is 4.79 Å². The monoisotopic (exact) mass is 516 g/mol. The molecule has 1 aliphatic carbocycles. The van der Waals surface area contributed by atoms with Gasteiger partial charge in [0, 0.05) is 38.4 Å². The maximum Gasteiger partial charge on any atom is 0.247 e. The number of para-hydroxylation sites is 2. The summed E-state index contributed by atoms with van der Waals surface area (Å²) in [5.74, 6) is 1.32. The Labute approximate surface area is 224 Å². The van der Waals surface area contributed by atoms with E-state index in [4.69, 9.17) is 4.74 Å². The van der Waals surface area contributed by atoms with Crippen LogP contribution in [0.25, 0.3) is 0 Å². The number of anilines is 7. The summed E-state index contributed by atoms with van der Waals surface area (Å²) in [5.41, 5.74) is 4.04. The molecule has 3 aromatic rings. The maximum atomic E-state index is 12.2. The third kappa shape index (κ3) is 7.13. The molecule has 0 atom stereocenters. The van der Waals surface area contributed by atoms with Crippen molar-refractivity contribution in [3.8, 4) is 5.75 Å². The van der Waals surface area contributed by atoms with Crippen LogP contribution in [0.5, 0.6) is 5.75 Å². The van der Waals surface area contributed by atoms with Crippen LogP contribution in [0, 0.1) is 0 Å². The third-order valence-electron chi connectivity index (χ3n) is 6.08. The van der Waals surface area contributed by atoms with E-state index in [-0.39, 0.29) is 5.91 Å². The van der Waals surface area contributed by atoms with E-state index >= 15 is 0 Å². The minimum absolute atomic E-state index is 0.302. The lowest BCUT2D eigenvalue weighted by Crippen LogP contribution is -2.29. The Morgan fingerprint density at radius 3 is 2.50 bits per heavy atom. The largest absolute Gasteiger partial charge is 0.494 e. The zero-order valence-corrected chi connectivity index (χ0v) is 22.4. The van der Waals surface area contributed by atoms with Crippen LogP contribution < -0.4 is 30.9 Å². The molecule has 1 fully saturated rings. The van der Waals surface area contributed by atoms with Crippen molar-refractivity contribution in [3.05, 3.63) is 61.3 Å². The van der Waals surface area contributed by atoms with Gasteiger partial charge in [-0.25, -0.2) is 4.98 Å². The average Bonchev–Trinajstić information content (AvgIpc) is 3.73. The molecular formula is C28H36N8O2. The first kappa shape index (κ1) is 26.7. The Morgan fingerprint density at radius 1 is 1.05 bits per heavy atom. The van der Waals surface area contributed by atoms with E-state index in [0.29, 0.717) is 34.9 Å². The Morgan fingerprint density at radius 2 is 1.82 bits per heavy atom. The van der Waals surface area contributed by atoms with E-state index in [1.54, 1.807) is 13.3 Å². The standard InChI is InChI=1S/C28H36N8O2/c1-6-27(37)32-22-17-23(25(38-5)18-24(22)36(4)16-15-35(2)3)33-28-29-14-13-26(34-28)31-21-10-8-7-9-20(21)30-19-11-12-19/h6-10,13-14,17-19,30H,1,11-12,15-16H2,2-5H3,(H,32,37)(H2,29,31,33,34). The number of rotatable bonds is 13. The normalized spacial score (nSPS) is 12.6. The quantitative estimate of drug-likeness (QED) is 0.241. The molecule has 1 amide bonds. The van der Waals surface area contributed by atoms with Crippen molar-refractivity contribution in [3.63, 3.8) is 0 Å². The van der Waals surface area contributed by atoms with Crippen LogP contribution in [0.2, 0.25) is 0 Å². The van der Waals surface area contributed by atoms with Gasteiger partial charge in [0.2, 0.25) is 11.9 Å². The van der Waals surface area contributed by atoms with Gasteiger partial charge in [-0.1, -0.05) is 18.7 Å². The highest BCUT2D eigenvalue weighted by molar-refractivity contribution is 6.02. The number of hydrogen-bond donors (Lipinski definition) is 4. The Bertz CT molecular complexity index is 1280. The lowest BCUT2D eigenvalue weighted by Gasteiger charge is -2.26. The predicted molar refractivity (Wildman–Crippen MR) is 155 cm³/mol. The molecule has 200 valence electrons. The number of nitrogens with one attached hydrogen (secondary N) is 4. The third-order valence-corrected chi connectivity index (χ3v) is 6.08. The lowest BCUT2D eigenvalue weighted by molar-refractivity contribution is -0.111. The van der Waals surface area contributed by atoms with E-state index in [0.717, 1.165) is 30.2 Å². The molecule has 4 N–H and O–H groups in total.